The molecule has 5 nitrogen and oxygen atoms in total. The number of carboxylic acids is 1. The van der Waals surface area contributed by atoms with Gasteiger partial charge in [0.15, 0.2) is 0 Å². The van der Waals surface area contributed by atoms with Gasteiger partial charge in [-0.2, -0.15) is 0 Å². The number of nitrogens with one attached hydrogen (secondary N) is 1. The number of hydrogen-bond donors (Lipinski definition) is 2. The molecule has 0 aromatic carbocycles. The van der Waals surface area contributed by atoms with Gasteiger partial charge in [0.2, 0.25) is 0 Å². The fraction of sp³-hybridized carbons (Fsp3) is 0.857. The highest BCUT2D eigenvalue weighted by Crippen LogP contribution is 2.28. The molecule has 1 heterocycles. The van der Waals surface area contributed by atoms with Crippen molar-refractivity contribution in [3.8, 4) is 0 Å². The van der Waals surface area contributed by atoms with E-state index in [0.29, 0.717) is 19.4 Å². The van der Waals surface area contributed by atoms with Gasteiger partial charge in [-0.15, -0.1) is 0 Å². The molecule has 2 amide bonds. The van der Waals surface area contributed by atoms with E-state index < -0.39 is 5.97 Å². The zero-order valence-electron chi connectivity index (χ0n) is 11.6. The summed E-state index contributed by atoms with van der Waals surface area (Å²) in [6.07, 6.45) is 6.14. The van der Waals surface area contributed by atoms with Crippen LogP contribution in [0, 0.1) is 11.8 Å². The Bertz CT molecular complexity index is 342. The lowest BCUT2D eigenvalue weighted by Crippen LogP contribution is -2.50. The van der Waals surface area contributed by atoms with Crippen LogP contribution in [0.5, 0.6) is 0 Å². The number of rotatable bonds is 4. The molecular weight excluding hydrogens is 244 g/mol. The number of carbonyl (C=O) groups is 2. The summed E-state index contributed by atoms with van der Waals surface area (Å²) < 4.78 is 0. The van der Waals surface area contributed by atoms with Crippen LogP contribution in [-0.2, 0) is 4.79 Å². The first kappa shape index (κ1) is 14.2. The number of urea groups is 1. The highest BCUT2D eigenvalue weighted by molar-refractivity contribution is 5.75. The standard InChI is InChI=1S/C14H24N2O3/c1-10-9-12(13(17)18)6-8-16(10)14(19)15-7-5-11-3-2-4-11/h10-12H,2-9H2,1H3,(H,15,19)(H,17,18). The molecule has 1 saturated carbocycles. The third-order valence-electron chi connectivity index (χ3n) is 4.54. The molecule has 2 aliphatic rings. The molecule has 0 aromatic rings. The molecular formula is C14H24N2O3. The lowest BCUT2D eigenvalue weighted by atomic mass is 9.83. The quantitative estimate of drug-likeness (QED) is 0.820. The smallest absolute Gasteiger partial charge is 0.317 e. The summed E-state index contributed by atoms with van der Waals surface area (Å²) in [6.45, 7) is 3.23. The average molecular weight is 268 g/mol. The van der Waals surface area contributed by atoms with Crippen molar-refractivity contribution in [3.63, 3.8) is 0 Å². The molecule has 2 atom stereocenters. The number of nitrogens with zero attached hydrogens (tertiary/aromatic N) is 1. The first-order chi connectivity index (χ1) is 9.08. The van der Waals surface area contributed by atoms with Gasteiger partial charge in [-0.1, -0.05) is 19.3 Å². The van der Waals surface area contributed by atoms with Gasteiger partial charge in [-0.3, -0.25) is 4.79 Å². The van der Waals surface area contributed by atoms with E-state index in [0.717, 1.165) is 18.9 Å². The molecule has 1 aliphatic carbocycles. The van der Waals surface area contributed by atoms with Crippen LogP contribution in [0.15, 0.2) is 0 Å². The summed E-state index contributed by atoms with van der Waals surface area (Å²) in [6, 6.07) is -0.0192. The monoisotopic (exact) mass is 268 g/mol. The SMILES string of the molecule is CC1CC(C(=O)O)CCN1C(=O)NCCC1CCC1. The Hall–Kier alpha value is -1.26. The first-order valence-corrected chi connectivity index (χ1v) is 7.35. The van der Waals surface area contributed by atoms with Gasteiger partial charge in [0.05, 0.1) is 5.92 Å². The maximum Gasteiger partial charge on any atom is 0.317 e. The molecule has 0 radical (unpaired) electrons. The summed E-state index contributed by atoms with van der Waals surface area (Å²) in [5.41, 5.74) is 0. The summed E-state index contributed by atoms with van der Waals surface area (Å²) >= 11 is 0. The van der Waals surface area contributed by atoms with Gasteiger partial charge in [-0.05, 0) is 32.1 Å². The minimum absolute atomic E-state index is 0.0125. The van der Waals surface area contributed by atoms with Crippen LogP contribution in [-0.4, -0.2) is 41.1 Å². The molecule has 2 N–H and O–H groups in total. The first-order valence-electron chi connectivity index (χ1n) is 7.35. The number of piperidine rings is 1. The molecule has 1 saturated heterocycles. The van der Waals surface area contributed by atoms with Gasteiger partial charge in [0.1, 0.15) is 0 Å². The summed E-state index contributed by atoms with van der Waals surface area (Å²) in [5, 5.41) is 12.0. The van der Waals surface area contributed by atoms with Crippen LogP contribution in [0.1, 0.15) is 45.4 Å². The van der Waals surface area contributed by atoms with E-state index in [1.165, 1.54) is 19.3 Å². The van der Waals surface area contributed by atoms with Crippen LogP contribution in [0.2, 0.25) is 0 Å². The molecule has 0 spiro atoms. The van der Waals surface area contributed by atoms with Crippen LogP contribution in [0.25, 0.3) is 0 Å². The molecule has 2 fully saturated rings. The van der Waals surface area contributed by atoms with Crippen molar-refractivity contribution in [1.82, 2.24) is 10.2 Å². The van der Waals surface area contributed by atoms with Gasteiger partial charge in [-0.25, -0.2) is 4.79 Å². The van der Waals surface area contributed by atoms with Gasteiger partial charge in [0.25, 0.3) is 0 Å². The maximum absolute atomic E-state index is 12.0. The second-order valence-electron chi connectivity index (χ2n) is 5.92. The largest absolute Gasteiger partial charge is 0.481 e. The number of carboxylic acid groups (broad SMARTS) is 1. The highest BCUT2D eigenvalue weighted by Gasteiger charge is 2.32. The van der Waals surface area contributed by atoms with Crippen molar-refractivity contribution in [1.29, 1.82) is 0 Å². The van der Waals surface area contributed by atoms with E-state index in [-0.39, 0.29) is 18.0 Å². The molecule has 108 valence electrons. The number of amides is 2. The Morgan fingerprint density at radius 3 is 2.58 bits per heavy atom. The Morgan fingerprint density at radius 2 is 2.05 bits per heavy atom. The molecule has 2 unspecified atom stereocenters. The normalized spacial score (nSPS) is 27.7. The number of likely N-dealkylation sites (tertiary alicyclic amines) is 1. The van der Waals surface area contributed by atoms with Gasteiger partial charge in [0, 0.05) is 19.1 Å². The average Bonchev–Trinajstić information content (AvgIpc) is 2.31. The topological polar surface area (TPSA) is 69.6 Å². The van der Waals surface area contributed by atoms with Crippen LogP contribution in [0.4, 0.5) is 4.79 Å². The zero-order chi connectivity index (χ0) is 13.8. The van der Waals surface area contributed by atoms with Crippen LogP contribution < -0.4 is 5.32 Å². The number of hydrogen-bond acceptors (Lipinski definition) is 2. The van der Waals surface area contributed by atoms with E-state index in [2.05, 4.69) is 5.32 Å². The fourth-order valence-corrected chi connectivity index (χ4v) is 2.96. The molecule has 5 heteroatoms. The van der Waals surface area contributed by atoms with Crippen LogP contribution in [0.3, 0.4) is 0 Å². The summed E-state index contributed by atoms with van der Waals surface area (Å²) in [4.78, 5) is 24.8. The van der Waals surface area contributed by atoms with Crippen molar-refractivity contribution >= 4 is 12.0 Å². The molecule has 2 rings (SSSR count). The predicted molar refractivity (Wildman–Crippen MR) is 71.9 cm³/mol. The van der Waals surface area contributed by atoms with Crippen molar-refractivity contribution in [2.45, 2.75) is 51.5 Å². The zero-order valence-corrected chi connectivity index (χ0v) is 11.6. The Kier molecular flexibility index (Phi) is 4.66. The van der Waals surface area contributed by atoms with E-state index in [1.54, 1.807) is 4.90 Å². The van der Waals surface area contributed by atoms with E-state index >= 15 is 0 Å². The molecule has 0 bridgehead atoms. The Labute approximate surface area is 114 Å². The van der Waals surface area contributed by atoms with Gasteiger partial charge < -0.3 is 15.3 Å². The third-order valence-corrected chi connectivity index (χ3v) is 4.54. The second kappa shape index (κ2) is 6.26. The van der Waals surface area contributed by atoms with Crippen molar-refractivity contribution < 1.29 is 14.7 Å². The van der Waals surface area contributed by atoms with Crippen LogP contribution >= 0.6 is 0 Å². The number of aliphatic carboxylic acids is 1. The predicted octanol–water partition coefficient (Wildman–Crippen LogP) is 2.07. The lowest BCUT2D eigenvalue weighted by molar-refractivity contribution is -0.143. The highest BCUT2D eigenvalue weighted by atomic mass is 16.4. The minimum Gasteiger partial charge on any atom is -0.481 e. The third kappa shape index (κ3) is 3.61. The fourth-order valence-electron chi connectivity index (χ4n) is 2.96. The second-order valence-corrected chi connectivity index (χ2v) is 5.92. The van der Waals surface area contributed by atoms with E-state index in [1.807, 2.05) is 6.92 Å². The van der Waals surface area contributed by atoms with E-state index in [4.69, 9.17) is 5.11 Å². The minimum atomic E-state index is -0.739. The molecule has 1 aliphatic heterocycles. The van der Waals surface area contributed by atoms with Crippen molar-refractivity contribution in [3.05, 3.63) is 0 Å². The summed E-state index contributed by atoms with van der Waals surface area (Å²) in [5.74, 6) is -0.235. The van der Waals surface area contributed by atoms with E-state index in [9.17, 15) is 9.59 Å². The Balaban J connectivity index is 1.71. The Morgan fingerprint density at radius 1 is 1.32 bits per heavy atom. The van der Waals surface area contributed by atoms with Crippen molar-refractivity contribution in [2.75, 3.05) is 13.1 Å². The van der Waals surface area contributed by atoms with Crippen molar-refractivity contribution in [2.24, 2.45) is 11.8 Å². The maximum atomic E-state index is 12.0. The lowest BCUT2D eigenvalue weighted by Gasteiger charge is -2.36. The van der Waals surface area contributed by atoms with Gasteiger partial charge >= 0.3 is 12.0 Å². The number of carbonyl (C=O) groups excluding carboxylic acids is 1. The summed E-state index contributed by atoms with van der Waals surface area (Å²) in [7, 11) is 0. The molecule has 0 aromatic heterocycles. The molecule has 19 heavy (non-hydrogen) atoms.